The lowest BCUT2D eigenvalue weighted by atomic mass is 10.1. The molecule has 0 aliphatic heterocycles. The first-order valence-corrected chi connectivity index (χ1v) is 5.14. The highest BCUT2D eigenvalue weighted by Gasteiger charge is 1.94. The minimum atomic E-state index is 0.672. The predicted octanol–water partition coefficient (Wildman–Crippen LogP) is 4.37. The highest BCUT2D eigenvalue weighted by Crippen LogP contribution is 2.17. The first-order valence-electron chi connectivity index (χ1n) is 4.22. The number of alkyl halides is 1. The fourth-order valence-electron chi connectivity index (χ4n) is 1.10. The van der Waals surface area contributed by atoms with E-state index in [9.17, 15) is 0 Å². The third kappa shape index (κ3) is 3.41. The van der Waals surface area contributed by atoms with Crippen LogP contribution in [-0.4, -0.2) is 5.88 Å². The summed E-state index contributed by atoms with van der Waals surface area (Å²) in [6, 6.07) is 7.83. The van der Waals surface area contributed by atoms with E-state index in [1.807, 2.05) is 24.3 Å². The molecule has 0 aliphatic carbocycles. The van der Waals surface area contributed by atoms with Crippen LogP contribution in [0.5, 0.6) is 0 Å². The maximum atomic E-state index is 5.78. The van der Waals surface area contributed by atoms with Gasteiger partial charge in [-0.3, -0.25) is 0 Å². The predicted molar refractivity (Wildman–Crippen MR) is 60.4 cm³/mol. The van der Waals surface area contributed by atoms with E-state index >= 15 is 0 Å². The van der Waals surface area contributed by atoms with Crippen molar-refractivity contribution >= 4 is 28.8 Å². The number of benzene rings is 1. The largest absolute Gasteiger partial charge is 0.126 e. The Hall–Kier alpha value is -0.460. The number of hydrogen-bond donors (Lipinski definition) is 0. The minimum Gasteiger partial charge on any atom is -0.126 e. The smallest absolute Gasteiger partial charge is 0.0406 e. The van der Waals surface area contributed by atoms with E-state index in [1.54, 1.807) is 0 Å². The molecule has 0 radical (unpaired) electrons. The van der Waals surface area contributed by atoms with E-state index in [2.05, 4.69) is 13.0 Å². The van der Waals surface area contributed by atoms with Crippen molar-refractivity contribution in [1.29, 1.82) is 0 Å². The topological polar surface area (TPSA) is 0 Å². The Morgan fingerprint density at radius 2 is 1.92 bits per heavy atom. The minimum absolute atomic E-state index is 0.672. The van der Waals surface area contributed by atoms with Crippen LogP contribution >= 0.6 is 23.2 Å². The molecule has 0 saturated carbocycles. The molecule has 0 nitrogen and oxygen atoms in total. The summed E-state index contributed by atoms with van der Waals surface area (Å²) in [7, 11) is 0. The Kier molecular flexibility index (Phi) is 4.34. The van der Waals surface area contributed by atoms with Crippen LogP contribution in [0.4, 0.5) is 0 Å². The molecule has 0 amide bonds. The molecular formula is C11H12Cl2. The van der Waals surface area contributed by atoms with Crippen molar-refractivity contribution < 1.29 is 0 Å². The van der Waals surface area contributed by atoms with Crippen LogP contribution in [0, 0.1) is 0 Å². The number of halogens is 2. The Labute approximate surface area is 89.2 Å². The molecule has 0 N–H and O–H groups in total. The summed E-state index contributed by atoms with van der Waals surface area (Å²) in [6.45, 7) is 2.08. The van der Waals surface area contributed by atoms with Gasteiger partial charge in [0.2, 0.25) is 0 Å². The molecule has 0 heterocycles. The number of allylic oxidation sites excluding steroid dienone is 2. The summed E-state index contributed by atoms with van der Waals surface area (Å²) < 4.78 is 0. The van der Waals surface area contributed by atoms with Crippen molar-refractivity contribution in [1.82, 2.24) is 0 Å². The average molecular weight is 215 g/mol. The zero-order valence-corrected chi connectivity index (χ0v) is 9.07. The van der Waals surface area contributed by atoms with Gasteiger partial charge in [0, 0.05) is 10.9 Å². The Balaban J connectivity index is 2.77. The Morgan fingerprint density at radius 3 is 2.46 bits per heavy atom. The van der Waals surface area contributed by atoms with Gasteiger partial charge in [0.05, 0.1) is 0 Å². The van der Waals surface area contributed by atoms with Gasteiger partial charge < -0.3 is 0 Å². The normalized spacial score (nSPS) is 11.8. The Bertz CT molecular complexity index is 285. The summed E-state index contributed by atoms with van der Waals surface area (Å²) in [6.07, 6.45) is 3.05. The molecule has 0 bridgehead atoms. The Morgan fingerprint density at radius 1 is 1.31 bits per heavy atom. The molecule has 0 aromatic heterocycles. The van der Waals surface area contributed by atoms with Crippen molar-refractivity contribution in [2.75, 3.05) is 5.88 Å². The van der Waals surface area contributed by atoms with Crippen molar-refractivity contribution in [3.8, 4) is 0 Å². The molecule has 1 aromatic rings. The average Bonchev–Trinajstić information content (AvgIpc) is 2.15. The lowest BCUT2D eigenvalue weighted by molar-refractivity contribution is 1.23. The van der Waals surface area contributed by atoms with Gasteiger partial charge in [-0.15, -0.1) is 11.6 Å². The fraction of sp³-hybridized carbons (Fsp3) is 0.273. The zero-order chi connectivity index (χ0) is 9.68. The lowest BCUT2D eigenvalue weighted by Gasteiger charge is -2.00. The van der Waals surface area contributed by atoms with E-state index < -0.39 is 0 Å². The van der Waals surface area contributed by atoms with Crippen LogP contribution in [0.15, 0.2) is 30.3 Å². The van der Waals surface area contributed by atoms with Gasteiger partial charge in [-0.1, -0.05) is 29.8 Å². The maximum absolute atomic E-state index is 5.78. The van der Waals surface area contributed by atoms with Crippen molar-refractivity contribution in [3.63, 3.8) is 0 Å². The standard InChI is InChI=1S/C11H12Cl2/c1-9(3-2-8-12)10-4-6-11(13)7-5-10/h3-7H,2,8H2,1H3/b9-3+. The third-order valence-corrected chi connectivity index (χ3v) is 2.33. The van der Waals surface area contributed by atoms with E-state index in [-0.39, 0.29) is 0 Å². The fourth-order valence-corrected chi connectivity index (χ4v) is 1.34. The second-order valence-electron chi connectivity index (χ2n) is 2.87. The van der Waals surface area contributed by atoms with Gasteiger partial charge >= 0.3 is 0 Å². The van der Waals surface area contributed by atoms with Crippen molar-refractivity contribution in [2.45, 2.75) is 13.3 Å². The molecule has 0 aliphatic rings. The van der Waals surface area contributed by atoms with Gasteiger partial charge in [-0.25, -0.2) is 0 Å². The van der Waals surface area contributed by atoms with E-state index in [1.165, 1.54) is 11.1 Å². The third-order valence-electron chi connectivity index (χ3n) is 1.86. The molecule has 0 atom stereocenters. The molecular weight excluding hydrogens is 203 g/mol. The second-order valence-corrected chi connectivity index (χ2v) is 3.69. The van der Waals surface area contributed by atoms with Crippen LogP contribution in [0.2, 0.25) is 5.02 Å². The van der Waals surface area contributed by atoms with Gasteiger partial charge in [-0.05, 0) is 36.6 Å². The highest BCUT2D eigenvalue weighted by atomic mass is 35.5. The van der Waals surface area contributed by atoms with Gasteiger partial charge in [0.25, 0.3) is 0 Å². The molecule has 2 heteroatoms. The van der Waals surface area contributed by atoms with Crippen LogP contribution < -0.4 is 0 Å². The summed E-state index contributed by atoms with van der Waals surface area (Å²) in [5.74, 6) is 0.672. The van der Waals surface area contributed by atoms with Crippen molar-refractivity contribution in [3.05, 3.63) is 40.9 Å². The molecule has 0 fully saturated rings. The molecule has 0 unspecified atom stereocenters. The molecule has 1 rings (SSSR count). The lowest BCUT2D eigenvalue weighted by Crippen LogP contribution is -1.79. The van der Waals surface area contributed by atoms with Gasteiger partial charge in [0.15, 0.2) is 0 Å². The van der Waals surface area contributed by atoms with E-state index in [0.29, 0.717) is 5.88 Å². The summed E-state index contributed by atoms with van der Waals surface area (Å²) in [5.41, 5.74) is 2.45. The van der Waals surface area contributed by atoms with Crippen LogP contribution in [-0.2, 0) is 0 Å². The summed E-state index contributed by atoms with van der Waals surface area (Å²) in [5, 5.41) is 0.772. The first-order chi connectivity index (χ1) is 6.24. The highest BCUT2D eigenvalue weighted by molar-refractivity contribution is 6.30. The van der Waals surface area contributed by atoms with Crippen LogP contribution in [0.1, 0.15) is 18.9 Å². The van der Waals surface area contributed by atoms with E-state index in [0.717, 1.165) is 11.4 Å². The van der Waals surface area contributed by atoms with Gasteiger partial charge in [0.1, 0.15) is 0 Å². The molecule has 13 heavy (non-hydrogen) atoms. The summed E-state index contributed by atoms with van der Waals surface area (Å²) in [4.78, 5) is 0. The molecule has 1 aromatic carbocycles. The van der Waals surface area contributed by atoms with Gasteiger partial charge in [-0.2, -0.15) is 0 Å². The number of rotatable bonds is 3. The maximum Gasteiger partial charge on any atom is 0.0406 e. The first kappa shape index (κ1) is 10.6. The van der Waals surface area contributed by atoms with E-state index in [4.69, 9.17) is 23.2 Å². The SMILES string of the molecule is C/C(=C\CCCl)c1ccc(Cl)cc1. The van der Waals surface area contributed by atoms with Crippen molar-refractivity contribution in [2.24, 2.45) is 0 Å². The quantitative estimate of drug-likeness (QED) is 0.656. The second kappa shape index (κ2) is 5.31. The monoisotopic (exact) mass is 214 g/mol. The molecule has 0 spiro atoms. The molecule has 0 saturated heterocycles. The van der Waals surface area contributed by atoms with Crippen LogP contribution in [0.25, 0.3) is 5.57 Å². The number of hydrogen-bond acceptors (Lipinski definition) is 0. The zero-order valence-electron chi connectivity index (χ0n) is 7.56. The molecule has 70 valence electrons. The van der Waals surface area contributed by atoms with Crippen LogP contribution in [0.3, 0.4) is 0 Å². The summed E-state index contributed by atoms with van der Waals surface area (Å²) >= 11 is 11.4.